The first-order valence-electron chi connectivity index (χ1n) is 7.19. The molecule has 1 saturated heterocycles. The quantitative estimate of drug-likeness (QED) is 0.771. The molecule has 1 heterocycles. The highest BCUT2D eigenvalue weighted by molar-refractivity contribution is 5.78. The Morgan fingerprint density at radius 3 is 2.89 bits per heavy atom. The second-order valence-corrected chi connectivity index (χ2v) is 5.48. The predicted molar refractivity (Wildman–Crippen MR) is 69.8 cm³/mol. The van der Waals surface area contributed by atoms with Crippen LogP contribution in [0.4, 0.5) is 0 Å². The van der Waals surface area contributed by atoms with Crippen LogP contribution in [0.15, 0.2) is 0 Å². The van der Waals surface area contributed by atoms with Crippen molar-refractivity contribution in [3.8, 4) is 6.07 Å². The molecule has 1 saturated carbocycles. The summed E-state index contributed by atoms with van der Waals surface area (Å²) in [6.07, 6.45) is 8.26. The lowest BCUT2D eigenvalue weighted by atomic mass is 9.78. The standard InChI is InChI=1S/C14H23N3O/c15-8-4-9-16-14(18)11-17-10-3-6-12-5-1-2-7-13(12)17/h12-13H,1-7,9-11H2,(H,16,18)/t12-,13+/m1/s1. The molecule has 2 aliphatic rings. The molecule has 4 nitrogen and oxygen atoms in total. The molecule has 18 heavy (non-hydrogen) atoms. The van der Waals surface area contributed by atoms with Gasteiger partial charge in [0, 0.05) is 12.6 Å². The number of hydrogen-bond acceptors (Lipinski definition) is 3. The lowest BCUT2D eigenvalue weighted by Gasteiger charge is -2.43. The van der Waals surface area contributed by atoms with Gasteiger partial charge in [-0.3, -0.25) is 9.69 Å². The summed E-state index contributed by atoms with van der Waals surface area (Å²) in [5.74, 6) is 0.899. The molecule has 0 spiro atoms. The summed E-state index contributed by atoms with van der Waals surface area (Å²) in [5.41, 5.74) is 0. The number of amides is 1. The number of nitrogens with one attached hydrogen (secondary N) is 1. The Kier molecular flexibility index (Phi) is 5.00. The van der Waals surface area contributed by atoms with Gasteiger partial charge in [0.25, 0.3) is 0 Å². The van der Waals surface area contributed by atoms with E-state index in [2.05, 4.69) is 10.2 Å². The number of nitriles is 1. The number of rotatable bonds is 4. The van der Waals surface area contributed by atoms with E-state index in [1.165, 1.54) is 38.5 Å². The van der Waals surface area contributed by atoms with Gasteiger partial charge in [-0.2, -0.15) is 5.26 Å². The van der Waals surface area contributed by atoms with Gasteiger partial charge in [-0.1, -0.05) is 12.8 Å². The summed E-state index contributed by atoms with van der Waals surface area (Å²) in [7, 11) is 0. The number of carbonyl (C=O) groups is 1. The van der Waals surface area contributed by atoms with Crippen LogP contribution in [0.1, 0.15) is 44.9 Å². The molecule has 4 heteroatoms. The Hall–Kier alpha value is -1.08. The summed E-state index contributed by atoms with van der Waals surface area (Å²) in [6.45, 7) is 2.07. The molecule has 2 fully saturated rings. The van der Waals surface area contributed by atoms with Gasteiger partial charge >= 0.3 is 0 Å². The summed E-state index contributed by atoms with van der Waals surface area (Å²) in [5, 5.41) is 11.3. The summed E-state index contributed by atoms with van der Waals surface area (Å²) in [4.78, 5) is 14.2. The van der Waals surface area contributed by atoms with Crippen LogP contribution >= 0.6 is 0 Å². The zero-order valence-electron chi connectivity index (χ0n) is 11.0. The van der Waals surface area contributed by atoms with Gasteiger partial charge in [-0.25, -0.2) is 0 Å². The Bertz CT molecular complexity index is 321. The van der Waals surface area contributed by atoms with Crippen molar-refractivity contribution in [1.29, 1.82) is 5.26 Å². The van der Waals surface area contributed by atoms with Crippen molar-refractivity contribution in [1.82, 2.24) is 10.2 Å². The van der Waals surface area contributed by atoms with E-state index in [4.69, 9.17) is 5.26 Å². The van der Waals surface area contributed by atoms with E-state index in [1.807, 2.05) is 6.07 Å². The zero-order chi connectivity index (χ0) is 12.8. The first-order valence-corrected chi connectivity index (χ1v) is 7.19. The van der Waals surface area contributed by atoms with E-state index in [-0.39, 0.29) is 5.91 Å². The zero-order valence-corrected chi connectivity index (χ0v) is 11.0. The maximum absolute atomic E-state index is 11.8. The third kappa shape index (κ3) is 3.46. The first-order chi connectivity index (χ1) is 8.81. The number of likely N-dealkylation sites (tertiary alicyclic amines) is 1. The second-order valence-electron chi connectivity index (χ2n) is 5.48. The first kappa shape index (κ1) is 13.4. The summed E-state index contributed by atoms with van der Waals surface area (Å²) >= 11 is 0. The topological polar surface area (TPSA) is 56.1 Å². The van der Waals surface area contributed by atoms with E-state index in [1.54, 1.807) is 0 Å². The third-order valence-corrected chi connectivity index (χ3v) is 4.26. The largest absolute Gasteiger partial charge is 0.354 e. The van der Waals surface area contributed by atoms with E-state index in [0.29, 0.717) is 25.6 Å². The molecule has 0 aromatic carbocycles. The smallest absolute Gasteiger partial charge is 0.234 e. The van der Waals surface area contributed by atoms with E-state index < -0.39 is 0 Å². The van der Waals surface area contributed by atoms with Gasteiger partial charge < -0.3 is 5.32 Å². The van der Waals surface area contributed by atoms with Crippen LogP contribution in [0.3, 0.4) is 0 Å². The van der Waals surface area contributed by atoms with Crippen molar-refractivity contribution in [2.24, 2.45) is 5.92 Å². The Morgan fingerprint density at radius 1 is 1.28 bits per heavy atom. The van der Waals surface area contributed by atoms with E-state index in [9.17, 15) is 4.79 Å². The number of piperidine rings is 1. The lowest BCUT2D eigenvalue weighted by molar-refractivity contribution is -0.123. The van der Waals surface area contributed by atoms with Crippen molar-refractivity contribution in [2.45, 2.75) is 51.0 Å². The van der Waals surface area contributed by atoms with E-state index >= 15 is 0 Å². The normalized spacial score (nSPS) is 28.2. The van der Waals surface area contributed by atoms with Crippen LogP contribution in [-0.2, 0) is 4.79 Å². The lowest BCUT2D eigenvalue weighted by Crippen LogP contribution is -2.50. The molecule has 0 aromatic heterocycles. The van der Waals surface area contributed by atoms with Gasteiger partial charge in [-0.15, -0.1) is 0 Å². The molecule has 0 aromatic rings. The molecule has 1 aliphatic heterocycles. The van der Waals surface area contributed by atoms with Crippen molar-refractivity contribution in [3.63, 3.8) is 0 Å². The average molecular weight is 249 g/mol. The number of nitrogens with zero attached hydrogens (tertiary/aromatic N) is 2. The number of carbonyl (C=O) groups excluding carboxylic acids is 1. The molecular formula is C14H23N3O. The van der Waals surface area contributed by atoms with Gasteiger partial charge in [0.05, 0.1) is 19.0 Å². The van der Waals surface area contributed by atoms with Gasteiger partial charge in [-0.05, 0) is 38.1 Å². The summed E-state index contributed by atoms with van der Waals surface area (Å²) < 4.78 is 0. The van der Waals surface area contributed by atoms with Crippen LogP contribution in [-0.4, -0.2) is 36.5 Å². The van der Waals surface area contributed by atoms with Crippen LogP contribution in [0.25, 0.3) is 0 Å². The third-order valence-electron chi connectivity index (χ3n) is 4.26. The molecule has 1 N–H and O–H groups in total. The molecule has 0 bridgehead atoms. The Balaban J connectivity index is 1.80. The van der Waals surface area contributed by atoms with Crippen LogP contribution in [0.5, 0.6) is 0 Å². The maximum atomic E-state index is 11.8. The minimum absolute atomic E-state index is 0.0801. The molecule has 2 rings (SSSR count). The van der Waals surface area contributed by atoms with Crippen LogP contribution in [0.2, 0.25) is 0 Å². The van der Waals surface area contributed by atoms with Gasteiger partial charge in [0.15, 0.2) is 0 Å². The summed E-state index contributed by atoms with van der Waals surface area (Å²) in [6, 6.07) is 2.68. The molecule has 1 aliphatic carbocycles. The molecule has 0 unspecified atom stereocenters. The van der Waals surface area contributed by atoms with Crippen molar-refractivity contribution in [2.75, 3.05) is 19.6 Å². The van der Waals surface area contributed by atoms with Crippen molar-refractivity contribution < 1.29 is 4.79 Å². The molecule has 1 amide bonds. The monoisotopic (exact) mass is 249 g/mol. The van der Waals surface area contributed by atoms with Crippen molar-refractivity contribution >= 4 is 5.91 Å². The number of fused-ring (bicyclic) bond motifs is 1. The Morgan fingerprint density at radius 2 is 2.06 bits per heavy atom. The molecule has 100 valence electrons. The predicted octanol–water partition coefficient (Wildman–Crippen LogP) is 1.67. The van der Waals surface area contributed by atoms with Crippen molar-refractivity contribution in [3.05, 3.63) is 0 Å². The van der Waals surface area contributed by atoms with Gasteiger partial charge in [0.1, 0.15) is 0 Å². The average Bonchev–Trinajstić information content (AvgIpc) is 2.39. The highest BCUT2D eigenvalue weighted by Crippen LogP contribution is 2.34. The highest BCUT2D eigenvalue weighted by atomic mass is 16.2. The fraction of sp³-hybridized carbons (Fsp3) is 0.857. The fourth-order valence-corrected chi connectivity index (χ4v) is 3.42. The van der Waals surface area contributed by atoms with E-state index in [0.717, 1.165) is 12.5 Å². The Labute approximate surface area is 109 Å². The molecular weight excluding hydrogens is 226 g/mol. The SMILES string of the molecule is N#CCCNC(=O)CN1CCC[C@H]2CCCC[C@@H]21. The second kappa shape index (κ2) is 6.75. The maximum Gasteiger partial charge on any atom is 0.234 e. The molecule has 0 radical (unpaired) electrons. The fourth-order valence-electron chi connectivity index (χ4n) is 3.42. The molecule has 2 atom stereocenters. The number of hydrogen-bond donors (Lipinski definition) is 1. The minimum Gasteiger partial charge on any atom is -0.354 e. The minimum atomic E-state index is 0.0801. The van der Waals surface area contributed by atoms with Crippen LogP contribution in [0, 0.1) is 17.2 Å². The van der Waals surface area contributed by atoms with Gasteiger partial charge in [0.2, 0.25) is 5.91 Å². The van der Waals surface area contributed by atoms with Crippen LogP contribution < -0.4 is 5.32 Å². The highest BCUT2D eigenvalue weighted by Gasteiger charge is 2.33.